The fourth-order valence-corrected chi connectivity index (χ4v) is 0.808. The van der Waals surface area contributed by atoms with E-state index in [1.165, 1.54) is 0 Å². The summed E-state index contributed by atoms with van der Waals surface area (Å²) in [7, 11) is 0. The van der Waals surface area contributed by atoms with Crippen LogP contribution in [0.4, 0.5) is 0 Å². The second-order valence-corrected chi connectivity index (χ2v) is 2.01. The minimum atomic E-state index is 0. The summed E-state index contributed by atoms with van der Waals surface area (Å²) < 4.78 is 0. The number of hydrogen-bond acceptors (Lipinski definition) is 1. The molecule has 10 heavy (non-hydrogen) atoms. The highest BCUT2D eigenvalue weighted by Gasteiger charge is 1.93. The van der Waals surface area contributed by atoms with Gasteiger partial charge in [-0.15, -0.1) is 19.0 Å². The molecule has 0 aliphatic carbocycles. The molecule has 0 atom stereocenters. The van der Waals surface area contributed by atoms with Gasteiger partial charge < -0.3 is 4.90 Å². The van der Waals surface area contributed by atoms with Crippen molar-refractivity contribution < 1.29 is 0 Å². The first-order valence-electron chi connectivity index (χ1n) is 3.12. The van der Waals surface area contributed by atoms with Crippen molar-refractivity contribution in [1.82, 2.24) is 4.90 Å². The minimum Gasteiger partial charge on any atom is -0.370 e. The van der Waals surface area contributed by atoms with Crippen LogP contribution in [0.2, 0.25) is 0 Å². The molecule has 0 saturated carbocycles. The SMILES string of the molecule is C=CCN1C=CC=CC1.Cl. The normalized spacial score (nSPS) is 14.6. The molecule has 0 aromatic heterocycles. The van der Waals surface area contributed by atoms with E-state index >= 15 is 0 Å². The zero-order chi connectivity index (χ0) is 6.53. The first kappa shape index (κ1) is 9.31. The number of allylic oxidation sites excluding steroid dienone is 2. The Bertz CT molecular complexity index is 147. The fraction of sp³-hybridized carbons (Fsp3) is 0.250. The van der Waals surface area contributed by atoms with E-state index in [4.69, 9.17) is 0 Å². The Balaban J connectivity index is 0.000000810. The van der Waals surface area contributed by atoms with E-state index in [0.717, 1.165) is 13.1 Å². The summed E-state index contributed by atoms with van der Waals surface area (Å²) >= 11 is 0. The predicted octanol–water partition coefficient (Wildman–Crippen LogP) is 1.98. The Morgan fingerprint density at radius 2 is 2.30 bits per heavy atom. The van der Waals surface area contributed by atoms with Crippen LogP contribution in [0.15, 0.2) is 37.1 Å². The lowest BCUT2D eigenvalue weighted by Crippen LogP contribution is -2.18. The van der Waals surface area contributed by atoms with Crippen LogP contribution in [-0.2, 0) is 0 Å². The molecule has 1 nitrogen and oxygen atoms in total. The van der Waals surface area contributed by atoms with Gasteiger partial charge in [0.05, 0.1) is 0 Å². The molecule has 56 valence electrons. The molecule has 0 saturated heterocycles. The van der Waals surface area contributed by atoms with Gasteiger partial charge in [0, 0.05) is 13.1 Å². The van der Waals surface area contributed by atoms with Gasteiger partial charge in [-0.25, -0.2) is 0 Å². The van der Waals surface area contributed by atoms with Crippen LogP contribution >= 0.6 is 12.4 Å². The number of hydrogen-bond donors (Lipinski definition) is 0. The maximum absolute atomic E-state index is 3.66. The number of rotatable bonds is 2. The van der Waals surface area contributed by atoms with E-state index < -0.39 is 0 Å². The summed E-state index contributed by atoms with van der Waals surface area (Å²) in [6.45, 7) is 5.62. The molecular formula is C8H12ClN. The summed E-state index contributed by atoms with van der Waals surface area (Å²) in [6.07, 6.45) is 10.2. The number of halogens is 1. The highest BCUT2D eigenvalue weighted by atomic mass is 35.5. The summed E-state index contributed by atoms with van der Waals surface area (Å²) in [5, 5.41) is 0. The third kappa shape index (κ3) is 2.74. The molecule has 1 aliphatic heterocycles. The number of nitrogens with zero attached hydrogens (tertiary/aromatic N) is 1. The lowest BCUT2D eigenvalue weighted by molar-refractivity contribution is 0.458. The van der Waals surface area contributed by atoms with Crippen LogP contribution < -0.4 is 0 Å². The molecule has 0 radical (unpaired) electrons. The summed E-state index contributed by atoms with van der Waals surface area (Å²) in [5.74, 6) is 0. The van der Waals surface area contributed by atoms with Gasteiger partial charge in [0.25, 0.3) is 0 Å². The molecule has 1 aliphatic rings. The van der Waals surface area contributed by atoms with Gasteiger partial charge in [0.2, 0.25) is 0 Å². The smallest absolute Gasteiger partial charge is 0.0360 e. The average Bonchev–Trinajstić information content (AvgIpc) is 1.91. The molecule has 0 fully saturated rings. The van der Waals surface area contributed by atoms with Gasteiger partial charge in [-0.2, -0.15) is 0 Å². The van der Waals surface area contributed by atoms with Crippen molar-refractivity contribution in [2.75, 3.05) is 13.1 Å². The Labute approximate surface area is 68.1 Å². The monoisotopic (exact) mass is 157 g/mol. The van der Waals surface area contributed by atoms with Crippen molar-refractivity contribution >= 4 is 12.4 Å². The molecule has 0 aromatic carbocycles. The van der Waals surface area contributed by atoms with Crippen molar-refractivity contribution in [3.63, 3.8) is 0 Å². The molecule has 1 heterocycles. The average molecular weight is 158 g/mol. The Kier molecular flexibility index (Phi) is 4.77. The minimum absolute atomic E-state index is 0. The van der Waals surface area contributed by atoms with Crippen molar-refractivity contribution in [3.8, 4) is 0 Å². The standard InChI is InChI=1S/C8H11N.ClH/c1-2-6-9-7-4-3-5-8-9;/h2-5,7H,1,6,8H2;1H. The van der Waals surface area contributed by atoms with Crippen molar-refractivity contribution in [3.05, 3.63) is 37.1 Å². The molecule has 0 aromatic rings. The van der Waals surface area contributed by atoms with Gasteiger partial charge in [-0.05, 0) is 12.3 Å². The predicted molar refractivity (Wildman–Crippen MR) is 47.3 cm³/mol. The molecule has 2 heteroatoms. The summed E-state index contributed by atoms with van der Waals surface area (Å²) in [4.78, 5) is 2.19. The van der Waals surface area contributed by atoms with Gasteiger partial charge in [-0.3, -0.25) is 0 Å². The van der Waals surface area contributed by atoms with Gasteiger partial charge in [0.1, 0.15) is 0 Å². The highest BCUT2D eigenvalue weighted by Crippen LogP contribution is 1.96. The van der Waals surface area contributed by atoms with Crippen LogP contribution in [0, 0.1) is 0 Å². The van der Waals surface area contributed by atoms with Crippen molar-refractivity contribution in [2.45, 2.75) is 0 Å². The molecule has 0 N–H and O–H groups in total. The van der Waals surface area contributed by atoms with E-state index in [0.29, 0.717) is 0 Å². The van der Waals surface area contributed by atoms with Gasteiger partial charge in [-0.1, -0.05) is 18.2 Å². The van der Waals surface area contributed by atoms with E-state index in [-0.39, 0.29) is 12.4 Å². The summed E-state index contributed by atoms with van der Waals surface area (Å²) in [6, 6.07) is 0. The van der Waals surface area contributed by atoms with E-state index in [2.05, 4.69) is 29.8 Å². The van der Waals surface area contributed by atoms with Crippen molar-refractivity contribution in [2.24, 2.45) is 0 Å². The first-order chi connectivity index (χ1) is 4.43. The highest BCUT2D eigenvalue weighted by molar-refractivity contribution is 5.85. The second kappa shape index (κ2) is 5.12. The molecule has 0 spiro atoms. The Morgan fingerprint density at radius 3 is 2.80 bits per heavy atom. The topological polar surface area (TPSA) is 3.24 Å². The van der Waals surface area contributed by atoms with Gasteiger partial charge in [0.15, 0.2) is 0 Å². The van der Waals surface area contributed by atoms with E-state index in [9.17, 15) is 0 Å². The van der Waals surface area contributed by atoms with Crippen LogP contribution in [0.1, 0.15) is 0 Å². The molecular weight excluding hydrogens is 146 g/mol. The molecule has 1 rings (SSSR count). The zero-order valence-corrected chi connectivity index (χ0v) is 6.68. The van der Waals surface area contributed by atoms with Crippen LogP contribution in [-0.4, -0.2) is 18.0 Å². The quantitative estimate of drug-likeness (QED) is 0.555. The summed E-state index contributed by atoms with van der Waals surface area (Å²) in [5.41, 5.74) is 0. The fourth-order valence-electron chi connectivity index (χ4n) is 0.808. The second-order valence-electron chi connectivity index (χ2n) is 2.01. The van der Waals surface area contributed by atoms with Crippen molar-refractivity contribution in [1.29, 1.82) is 0 Å². The Morgan fingerprint density at radius 1 is 1.50 bits per heavy atom. The maximum Gasteiger partial charge on any atom is 0.0360 e. The Hall–Kier alpha value is -0.690. The van der Waals surface area contributed by atoms with Crippen LogP contribution in [0.5, 0.6) is 0 Å². The largest absolute Gasteiger partial charge is 0.370 e. The molecule has 0 amide bonds. The molecule has 0 bridgehead atoms. The molecule has 0 unspecified atom stereocenters. The van der Waals surface area contributed by atoms with Crippen LogP contribution in [0.25, 0.3) is 0 Å². The third-order valence-corrected chi connectivity index (χ3v) is 1.25. The van der Waals surface area contributed by atoms with E-state index in [1.54, 1.807) is 0 Å². The van der Waals surface area contributed by atoms with Crippen LogP contribution in [0.3, 0.4) is 0 Å². The first-order valence-corrected chi connectivity index (χ1v) is 3.12. The maximum atomic E-state index is 3.66. The third-order valence-electron chi connectivity index (χ3n) is 1.25. The van der Waals surface area contributed by atoms with Gasteiger partial charge >= 0.3 is 0 Å². The zero-order valence-electron chi connectivity index (χ0n) is 5.86. The van der Waals surface area contributed by atoms with E-state index in [1.807, 2.05) is 12.2 Å². The lowest BCUT2D eigenvalue weighted by Gasteiger charge is -2.17. The lowest BCUT2D eigenvalue weighted by atomic mass is 10.3.